The highest BCUT2D eigenvalue weighted by Crippen LogP contribution is 2.19. The Hall–Kier alpha value is -0.968. The van der Waals surface area contributed by atoms with Crippen LogP contribution >= 0.6 is 0 Å². The second kappa shape index (κ2) is 21.1. The minimum absolute atomic E-state index is 0.639. The van der Waals surface area contributed by atoms with Gasteiger partial charge in [0.2, 0.25) is 0 Å². The maximum absolute atomic E-state index is 9.75. The van der Waals surface area contributed by atoms with Gasteiger partial charge in [0.1, 0.15) is 6.54 Å². The monoisotopic (exact) mass is 525 g/mol. The number of unbranched alkanes of at least 4 members (excludes halogenated alkanes) is 9. The zero-order valence-electron chi connectivity index (χ0n) is 22.4. The van der Waals surface area contributed by atoms with Gasteiger partial charge in [-0.3, -0.25) is 0 Å². The molecule has 0 aromatic carbocycles. The van der Waals surface area contributed by atoms with Crippen LogP contribution in [0.5, 0.6) is 0 Å². The number of hydrogen-bond acceptors (Lipinski definition) is 3. The third-order valence-electron chi connectivity index (χ3n) is 5.54. The van der Waals surface area contributed by atoms with Crippen LogP contribution in [-0.4, -0.2) is 35.9 Å². The molecule has 0 N–H and O–H groups in total. The molecule has 0 saturated carbocycles. The predicted octanol–water partition coefficient (Wildman–Crippen LogP) is 7.79. The molecule has 0 aliphatic heterocycles. The van der Waals surface area contributed by atoms with Crippen LogP contribution < -0.4 is 4.57 Å². The molecule has 1 heterocycles. The van der Waals surface area contributed by atoms with E-state index in [-0.39, 0.29) is 0 Å². The second-order valence-electron chi connectivity index (χ2n) is 8.60. The predicted molar refractivity (Wildman–Crippen MR) is 138 cm³/mol. The molecule has 35 heavy (non-hydrogen) atoms. The van der Waals surface area contributed by atoms with Gasteiger partial charge in [-0.2, -0.15) is 0 Å². The zero-order valence-corrected chi connectivity index (χ0v) is 23.4. The quantitative estimate of drug-likeness (QED) is 0.0754. The average molecular weight is 526 g/mol. The summed E-state index contributed by atoms with van der Waals surface area (Å²) in [4.78, 5) is 0. The Kier molecular flexibility index (Phi) is 20.6. The molecule has 0 fully saturated rings. The Balaban J connectivity index is 0.00000209. The van der Waals surface area contributed by atoms with E-state index in [1.54, 1.807) is 0 Å². The van der Waals surface area contributed by atoms with E-state index in [2.05, 4.69) is 36.0 Å². The van der Waals surface area contributed by atoms with Crippen molar-refractivity contribution >= 4 is 16.1 Å². The maximum atomic E-state index is 9.75. The number of hydrogen-bond donors (Lipinski definition) is 0. The third kappa shape index (κ3) is 20.9. The van der Waals surface area contributed by atoms with Crippen LogP contribution in [0.3, 0.4) is 0 Å². The van der Waals surface area contributed by atoms with Crippen LogP contribution in [0.2, 0.25) is 6.04 Å². The average Bonchev–Trinajstić information content (AvgIpc) is 2.79. The number of nitrogens with zero attached hydrogens (tertiary/aromatic N) is 1. The second-order valence-corrected chi connectivity index (χ2v) is 11.3. The fourth-order valence-corrected chi connectivity index (χ4v) is 6.48. The van der Waals surface area contributed by atoms with Gasteiger partial charge >= 0.3 is 16.1 Å². The third-order valence-corrected chi connectivity index (χ3v) is 8.59. The molecule has 0 bridgehead atoms. The first-order chi connectivity index (χ1) is 16.7. The first-order valence-corrected chi connectivity index (χ1v) is 15.4. The lowest BCUT2D eigenvalue weighted by molar-refractivity contribution is -0.697. The maximum Gasteiger partial charge on any atom is 0.673 e. The minimum Gasteiger partial charge on any atom is -0.418 e. The molecule has 1 aromatic rings. The summed E-state index contributed by atoms with van der Waals surface area (Å²) in [5.74, 6) is 0. The molecule has 206 valence electrons. The molecule has 1 rings (SSSR count). The Bertz CT molecular complexity index is 586. The molecule has 0 aliphatic rings. The normalized spacial score (nSPS) is 11.9. The van der Waals surface area contributed by atoms with E-state index in [1.807, 2.05) is 20.8 Å². The van der Waals surface area contributed by atoms with Gasteiger partial charge in [-0.15, -0.1) is 0 Å². The van der Waals surface area contributed by atoms with Crippen LogP contribution in [0.4, 0.5) is 17.3 Å². The number of aromatic nitrogens is 1. The molecular weight excluding hydrogens is 477 g/mol. The standard InChI is InChI=1S/C25H48NO3Si.BF4/c1-5-9-10-11-12-13-14-15-16-17-21-26-22-18-25(19-23-26)20-24-30(27-6-2,28-7-3)29-8-4;2-1(3,4)5/h18-19,22-23H,5-17,20-21,24H2,1-4H3;/q+1;-1. The molecule has 0 unspecified atom stereocenters. The molecule has 10 heteroatoms. The van der Waals surface area contributed by atoms with E-state index in [0.717, 1.165) is 19.0 Å². The van der Waals surface area contributed by atoms with Crippen molar-refractivity contribution in [1.29, 1.82) is 0 Å². The lowest BCUT2D eigenvalue weighted by atomic mass is 10.1. The molecule has 0 saturated heterocycles. The Morgan fingerprint density at radius 1 is 0.686 bits per heavy atom. The fourth-order valence-electron chi connectivity index (χ4n) is 3.88. The van der Waals surface area contributed by atoms with Crippen molar-refractivity contribution in [2.45, 2.75) is 111 Å². The largest absolute Gasteiger partial charge is 0.673 e. The summed E-state index contributed by atoms with van der Waals surface area (Å²) in [6, 6.07) is 5.31. The number of halogens is 4. The zero-order chi connectivity index (χ0) is 26.4. The van der Waals surface area contributed by atoms with Gasteiger partial charge in [-0.25, -0.2) is 4.57 Å². The Morgan fingerprint density at radius 2 is 1.09 bits per heavy atom. The van der Waals surface area contributed by atoms with E-state index in [9.17, 15) is 17.3 Å². The summed E-state index contributed by atoms with van der Waals surface area (Å²) in [6.45, 7) is 11.4. The molecular formula is C25H48BF4NO3Si. The summed E-state index contributed by atoms with van der Waals surface area (Å²) in [5, 5.41) is 0. The highest BCUT2D eigenvalue weighted by Gasteiger charge is 2.39. The van der Waals surface area contributed by atoms with Gasteiger partial charge in [-0.1, -0.05) is 58.3 Å². The topological polar surface area (TPSA) is 31.6 Å². The molecule has 1 aromatic heterocycles. The summed E-state index contributed by atoms with van der Waals surface area (Å²) in [6.07, 6.45) is 19.2. The first-order valence-electron chi connectivity index (χ1n) is 13.5. The molecule has 4 nitrogen and oxygen atoms in total. The van der Waals surface area contributed by atoms with Crippen molar-refractivity contribution in [3.05, 3.63) is 30.1 Å². The summed E-state index contributed by atoms with van der Waals surface area (Å²) in [5.41, 5.74) is 1.32. The fraction of sp³-hybridized carbons (Fsp3) is 0.800. The van der Waals surface area contributed by atoms with Gasteiger partial charge in [0.15, 0.2) is 12.4 Å². The number of rotatable bonds is 20. The van der Waals surface area contributed by atoms with Crippen molar-refractivity contribution in [2.75, 3.05) is 19.8 Å². The van der Waals surface area contributed by atoms with E-state index in [0.29, 0.717) is 19.8 Å². The van der Waals surface area contributed by atoms with Crippen molar-refractivity contribution in [3.63, 3.8) is 0 Å². The molecule has 0 spiro atoms. The van der Waals surface area contributed by atoms with Crippen molar-refractivity contribution in [1.82, 2.24) is 0 Å². The first kappa shape index (κ1) is 34.0. The summed E-state index contributed by atoms with van der Waals surface area (Å²) < 4.78 is 59.2. The van der Waals surface area contributed by atoms with Crippen LogP contribution in [0.15, 0.2) is 24.5 Å². The van der Waals surface area contributed by atoms with Gasteiger partial charge in [0.05, 0.1) is 0 Å². The van der Waals surface area contributed by atoms with E-state index >= 15 is 0 Å². The smallest absolute Gasteiger partial charge is 0.418 e. The Labute approximate surface area is 212 Å². The van der Waals surface area contributed by atoms with Crippen LogP contribution in [-0.2, 0) is 26.2 Å². The van der Waals surface area contributed by atoms with Crippen LogP contribution in [0.1, 0.15) is 97.5 Å². The van der Waals surface area contributed by atoms with Crippen molar-refractivity contribution in [3.8, 4) is 0 Å². The van der Waals surface area contributed by atoms with E-state index in [4.69, 9.17) is 13.3 Å². The Morgan fingerprint density at radius 3 is 1.49 bits per heavy atom. The lowest BCUT2D eigenvalue weighted by Crippen LogP contribution is -2.46. The van der Waals surface area contributed by atoms with E-state index in [1.165, 1.54) is 69.8 Å². The van der Waals surface area contributed by atoms with Crippen molar-refractivity contribution < 1.29 is 35.1 Å². The van der Waals surface area contributed by atoms with Gasteiger partial charge in [0.25, 0.3) is 0 Å². The highest BCUT2D eigenvalue weighted by molar-refractivity contribution is 6.60. The van der Waals surface area contributed by atoms with E-state index < -0.39 is 16.1 Å². The van der Waals surface area contributed by atoms with Crippen LogP contribution in [0.25, 0.3) is 0 Å². The van der Waals surface area contributed by atoms with Gasteiger partial charge < -0.3 is 30.5 Å². The van der Waals surface area contributed by atoms with Gasteiger partial charge in [0, 0.05) is 44.4 Å². The van der Waals surface area contributed by atoms with Gasteiger partial charge in [-0.05, 0) is 39.2 Å². The number of pyridine rings is 1. The molecule has 0 atom stereocenters. The molecule has 0 amide bonds. The lowest BCUT2D eigenvalue weighted by Gasteiger charge is -2.28. The summed E-state index contributed by atoms with van der Waals surface area (Å²) in [7, 11) is -8.55. The number of aryl methyl sites for hydroxylation is 2. The molecule has 0 aliphatic carbocycles. The highest BCUT2D eigenvalue weighted by atomic mass is 28.4. The molecule has 0 radical (unpaired) electrons. The summed E-state index contributed by atoms with van der Waals surface area (Å²) >= 11 is 0. The van der Waals surface area contributed by atoms with Crippen LogP contribution in [0, 0.1) is 0 Å². The SMILES string of the molecule is CCCCCCCCCCCC[n+]1ccc(CC[Si](OCC)(OCC)OCC)cc1.F[B-](F)(F)F. The van der Waals surface area contributed by atoms with Crippen molar-refractivity contribution in [2.24, 2.45) is 0 Å². The minimum atomic E-state index is -6.00.